The number of nitro groups is 1. The number of anilines is 1. The number of halogens is 1. The van der Waals surface area contributed by atoms with Gasteiger partial charge in [0.05, 0.1) is 24.7 Å². The number of carboxylic acid groups (broad SMARTS) is 1. The molecule has 1 atom stereocenters. The van der Waals surface area contributed by atoms with E-state index in [1.807, 2.05) is 0 Å². The molecule has 0 bridgehead atoms. The van der Waals surface area contributed by atoms with Gasteiger partial charge in [-0.15, -0.1) is 0 Å². The maximum atomic E-state index is 13.4. The highest BCUT2D eigenvalue weighted by molar-refractivity contribution is 5.79. The minimum absolute atomic E-state index is 0.169. The van der Waals surface area contributed by atoms with E-state index in [0.717, 1.165) is 6.07 Å². The zero-order valence-corrected chi connectivity index (χ0v) is 10.8. The largest absolute Gasteiger partial charge is 0.494 e. The number of carboxylic acids is 1. The molecule has 20 heavy (non-hydrogen) atoms. The van der Waals surface area contributed by atoms with Crippen LogP contribution in [-0.4, -0.2) is 42.9 Å². The van der Waals surface area contributed by atoms with Crippen molar-refractivity contribution in [2.75, 3.05) is 26.1 Å². The number of nitrogens with zero attached hydrogens (tertiary/aromatic N) is 1. The van der Waals surface area contributed by atoms with Crippen LogP contribution in [0.1, 0.15) is 0 Å². The first kappa shape index (κ1) is 15.6. The fourth-order valence-corrected chi connectivity index (χ4v) is 1.50. The van der Waals surface area contributed by atoms with Crippen molar-refractivity contribution in [1.82, 2.24) is 0 Å². The third kappa shape index (κ3) is 3.54. The number of hydrogen-bond acceptors (Lipinski definition) is 6. The van der Waals surface area contributed by atoms with E-state index in [1.165, 1.54) is 14.2 Å². The van der Waals surface area contributed by atoms with Gasteiger partial charge < -0.3 is 19.9 Å². The Hall–Kier alpha value is -2.42. The summed E-state index contributed by atoms with van der Waals surface area (Å²) >= 11 is 0. The molecule has 1 aromatic carbocycles. The first-order valence-corrected chi connectivity index (χ1v) is 5.41. The highest BCUT2D eigenvalue weighted by atomic mass is 19.1. The Balaban J connectivity index is 3.20. The molecule has 0 saturated heterocycles. The number of nitro benzene ring substituents is 1. The fourth-order valence-electron chi connectivity index (χ4n) is 1.50. The van der Waals surface area contributed by atoms with E-state index in [-0.39, 0.29) is 18.0 Å². The number of nitrogens with one attached hydrogen (secondary N) is 1. The van der Waals surface area contributed by atoms with Crippen molar-refractivity contribution in [3.8, 4) is 5.75 Å². The van der Waals surface area contributed by atoms with Crippen LogP contribution in [-0.2, 0) is 9.53 Å². The van der Waals surface area contributed by atoms with Gasteiger partial charge >= 0.3 is 5.97 Å². The number of carbonyl (C=O) groups is 1. The van der Waals surface area contributed by atoms with Crippen LogP contribution in [0.3, 0.4) is 0 Å². The van der Waals surface area contributed by atoms with Gasteiger partial charge in [0.25, 0.3) is 5.69 Å². The summed E-state index contributed by atoms with van der Waals surface area (Å²) in [6, 6.07) is 0.472. The monoisotopic (exact) mass is 288 g/mol. The molecule has 9 heteroatoms. The molecule has 0 spiro atoms. The smallest absolute Gasteiger partial charge is 0.328 e. The lowest BCUT2D eigenvalue weighted by molar-refractivity contribution is -0.384. The van der Waals surface area contributed by atoms with Crippen LogP contribution >= 0.6 is 0 Å². The van der Waals surface area contributed by atoms with Gasteiger partial charge in [0.2, 0.25) is 0 Å². The molecule has 0 aliphatic carbocycles. The second-order valence-corrected chi connectivity index (χ2v) is 3.75. The van der Waals surface area contributed by atoms with Gasteiger partial charge in [-0.05, 0) is 0 Å². The van der Waals surface area contributed by atoms with E-state index >= 15 is 0 Å². The maximum Gasteiger partial charge on any atom is 0.328 e. The highest BCUT2D eigenvalue weighted by Gasteiger charge is 2.24. The maximum absolute atomic E-state index is 13.4. The van der Waals surface area contributed by atoms with Crippen LogP contribution in [0.15, 0.2) is 12.1 Å². The number of rotatable bonds is 7. The normalized spacial score (nSPS) is 11.8. The summed E-state index contributed by atoms with van der Waals surface area (Å²) in [6.45, 7) is -0.216. The lowest BCUT2D eigenvalue weighted by Gasteiger charge is -2.15. The summed E-state index contributed by atoms with van der Waals surface area (Å²) in [4.78, 5) is 21.0. The molecule has 8 nitrogen and oxygen atoms in total. The van der Waals surface area contributed by atoms with Crippen LogP contribution in [0.2, 0.25) is 0 Å². The number of aliphatic carboxylic acids is 1. The van der Waals surface area contributed by atoms with Crippen molar-refractivity contribution >= 4 is 17.3 Å². The Kier molecular flexibility index (Phi) is 5.21. The van der Waals surface area contributed by atoms with Gasteiger partial charge in [-0.25, -0.2) is 9.18 Å². The summed E-state index contributed by atoms with van der Waals surface area (Å²) in [5.41, 5.74) is -0.761. The van der Waals surface area contributed by atoms with Gasteiger partial charge in [0, 0.05) is 13.2 Å². The lowest BCUT2D eigenvalue weighted by atomic mass is 10.2. The third-order valence-electron chi connectivity index (χ3n) is 2.43. The van der Waals surface area contributed by atoms with E-state index in [1.54, 1.807) is 0 Å². The molecular weight excluding hydrogens is 275 g/mol. The number of ether oxygens (including phenoxy) is 2. The predicted molar refractivity (Wildman–Crippen MR) is 66.5 cm³/mol. The summed E-state index contributed by atoms with van der Waals surface area (Å²) in [5.74, 6) is -2.41. The third-order valence-corrected chi connectivity index (χ3v) is 2.43. The first-order chi connectivity index (χ1) is 9.40. The SMILES string of the molecule is COCC(Nc1cc(OC)c(F)cc1[N+](=O)[O-])C(=O)O. The number of methoxy groups -OCH3 is 2. The van der Waals surface area contributed by atoms with Crippen LogP contribution in [0.5, 0.6) is 5.75 Å². The molecule has 0 amide bonds. The second kappa shape index (κ2) is 6.66. The van der Waals surface area contributed by atoms with E-state index in [9.17, 15) is 19.3 Å². The quantitative estimate of drug-likeness (QED) is 0.573. The second-order valence-electron chi connectivity index (χ2n) is 3.75. The molecular formula is C11H13FN2O6. The Morgan fingerprint density at radius 3 is 2.65 bits per heavy atom. The van der Waals surface area contributed by atoms with E-state index < -0.39 is 28.4 Å². The summed E-state index contributed by atoms with van der Waals surface area (Å²) in [6.07, 6.45) is 0. The van der Waals surface area contributed by atoms with Crippen molar-refractivity contribution < 1.29 is 28.7 Å². The van der Waals surface area contributed by atoms with E-state index in [2.05, 4.69) is 5.32 Å². The van der Waals surface area contributed by atoms with Crippen LogP contribution in [0.25, 0.3) is 0 Å². The van der Waals surface area contributed by atoms with Gasteiger partial charge in [0.1, 0.15) is 11.7 Å². The van der Waals surface area contributed by atoms with Gasteiger partial charge in [-0.2, -0.15) is 0 Å². The van der Waals surface area contributed by atoms with E-state index in [4.69, 9.17) is 14.6 Å². The van der Waals surface area contributed by atoms with Crippen LogP contribution in [0.4, 0.5) is 15.8 Å². The molecule has 0 aliphatic heterocycles. The van der Waals surface area contributed by atoms with Crippen molar-refractivity contribution in [2.45, 2.75) is 6.04 Å². The Bertz CT molecular complexity index is 522. The average Bonchev–Trinajstić information content (AvgIpc) is 2.39. The van der Waals surface area contributed by atoms with Crippen molar-refractivity contribution in [3.63, 3.8) is 0 Å². The predicted octanol–water partition coefficient (Wildman–Crippen LogP) is 1.25. The van der Waals surface area contributed by atoms with Gasteiger partial charge in [-0.1, -0.05) is 0 Å². The Labute approximate surface area is 113 Å². The molecule has 1 rings (SSSR count). The summed E-state index contributed by atoms with van der Waals surface area (Å²) in [7, 11) is 2.48. The Morgan fingerprint density at radius 1 is 1.55 bits per heavy atom. The van der Waals surface area contributed by atoms with Gasteiger partial charge in [0.15, 0.2) is 11.6 Å². The molecule has 0 aliphatic rings. The van der Waals surface area contributed by atoms with E-state index in [0.29, 0.717) is 6.07 Å². The molecule has 0 heterocycles. The van der Waals surface area contributed by atoms with Crippen molar-refractivity contribution in [1.29, 1.82) is 0 Å². The number of hydrogen-bond donors (Lipinski definition) is 2. The van der Waals surface area contributed by atoms with Crippen LogP contribution in [0, 0.1) is 15.9 Å². The summed E-state index contributed by atoms with van der Waals surface area (Å²) in [5, 5.41) is 22.2. The zero-order chi connectivity index (χ0) is 15.3. The first-order valence-electron chi connectivity index (χ1n) is 5.41. The minimum atomic E-state index is -1.26. The molecule has 0 aromatic heterocycles. The fraction of sp³-hybridized carbons (Fsp3) is 0.364. The average molecular weight is 288 g/mol. The summed E-state index contributed by atoms with van der Waals surface area (Å²) < 4.78 is 22.8. The topological polar surface area (TPSA) is 111 Å². The van der Waals surface area contributed by atoms with Gasteiger partial charge in [-0.3, -0.25) is 10.1 Å². The van der Waals surface area contributed by atoms with Crippen molar-refractivity contribution in [2.24, 2.45) is 0 Å². The molecule has 1 aromatic rings. The zero-order valence-electron chi connectivity index (χ0n) is 10.8. The molecule has 110 valence electrons. The molecule has 0 radical (unpaired) electrons. The molecule has 2 N–H and O–H groups in total. The standard InChI is InChI=1S/C11H13FN2O6/c1-19-5-8(11(15)16)13-7-4-10(20-2)6(12)3-9(7)14(17)18/h3-4,8,13H,5H2,1-2H3,(H,15,16). The minimum Gasteiger partial charge on any atom is -0.494 e. The molecule has 1 unspecified atom stereocenters. The number of benzene rings is 1. The Morgan fingerprint density at radius 2 is 2.20 bits per heavy atom. The van der Waals surface area contributed by atoms with Crippen LogP contribution < -0.4 is 10.1 Å². The highest BCUT2D eigenvalue weighted by Crippen LogP contribution is 2.32. The van der Waals surface area contributed by atoms with Crippen molar-refractivity contribution in [3.05, 3.63) is 28.1 Å². The molecule has 0 fully saturated rings. The lowest BCUT2D eigenvalue weighted by Crippen LogP contribution is -2.33. The molecule has 0 saturated carbocycles.